The zero-order chi connectivity index (χ0) is 20.1. The van der Waals surface area contributed by atoms with Gasteiger partial charge in [-0.25, -0.2) is 4.98 Å². The van der Waals surface area contributed by atoms with Crippen molar-refractivity contribution in [3.8, 4) is 0 Å². The van der Waals surface area contributed by atoms with Gasteiger partial charge in [-0.1, -0.05) is 24.3 Å². The van der Waals surface area contributed by atoms with Crippen molar-refractivity contribution in [2.75, 3.05) is 20.4 Å². The Hall–Kier alpha value is -2.80. The van der Waals surface area contributed by atoms with Gasteiger partial charge in [0.25, 0.3) is 5.91 Å². The molecule has 1 aromatic heterocycles. The van der Waals surface area contributed by atoms with Gasteiger partial charge in [-0.2, -0.15) is 11.8 Å². The SMILES string of the molecule is CSCc1nc2ccccc2n1CC(=O)NCc1ccc(C(=O)N(C)C)cc1. The van der Waals surface area contributed by atoms with Gasteiger partial charge in [0.15, 0.2) is 0 Å². The van der Waals surface area contributed by atoms with Gasteiger partial charge in [-0.3, -0.25) is 9.59 Å². The van der Waals surface area contributed by atoms with Crippen LogP contribution in [0.2, 0.25) is 0 Å². The number of aromatic nitrogens is 2. The number of fused-ring (bicyclic) bond motifs is 1. The fourth-order valence-electron chi connectivity index (χ4n) is 2.96. The molecule has 0 atom stereocenters. The van der Waals surface area contributed by atoms with E-state index in [1.165, 1.54) is 0 Å². The molecule has 0 unspecified atom stereocenters. The molecule has 7 heteroatoms. The highest BCUT2D eigenvalue weighted by molar-refractivity contribution is 7.97. The molecule has 0 spiro atoms. The van der Waals surface area contributed by atoms with Crippen LogP contribution in [0, 0.1) is 0 Å². The van der Waals surface area contributed by atoms with Gasteiger partial charge < -0.3 is 14.8 Å². The van der Waals surface area contributed by atoms with E-state index in [2.05, 4.69) is 10.3 Å². The van der Waals surface area contributed by atoms with Crippen molar-refractivity contribution in [2.24, 2.45) is 0 Å². The van der Waals surface area contributed by atoms with Gasteiger partial charge in [0.2, 0.25) is 5.91 Å². The molecule has 1 heterocycles. The van der Waals surface area contributed by atoms with E-state index in [0.29, 0.717) is 12.1 Å². The zero-order valence-corrected chi connectivity index (χ0v) is 17.1. The summed E-state index contributed by atoms with van der Waals surface area (Å²) in [6.07, 6.45) is 2.02. The molecule has 0 bridgehead atoms. The monoisotopic (exact) mass is 396 g/mol. The van der Waals surface area contributed by atoms with E-state index >= 15 is 0 Å². The summed E-state index contributed by atoms with van der Waals surface area (Å²) in [7, 11) is 3.45. The number of imidazole rings is 1. The van der Waals surface area contributed by atoms with Crippen molar-refractivity contribution >= 4 is 34.6 Å². The smallest absolute Gasteiger partial charge is 0.253 e. The van der Waals surface area contributed by atoms with Crippen LogP contribution in [0.5, 0.6) is 0 Å². The van der Waals surface area contributed by atoms with Crippen molar-refractivity contribution < 1.29 is 9.59 Å². The number of thioether (sulfide) groups is 1. The van der Waals surface area contributed by atoms with E-state index in [0.717, 1.165) is 28.2 Å². The van der Waals surface area contributed by atoms with Crippen LogP contribution in [-0.2, 0) is 23.6 Å². The lowest BCUT2D eigenvalue weighted by Gasteiger charge is -2.11. The average molecular weight is 397 g/mol. The number of hydrogen-bond donors (Lipinski definition) is 1. The molecular weight excluding hydrogens is 372 g/mol. The van der Waals surface area contributed by atoms with E-state index in [9.17, 15) is 9.59 Å². The maximum Gasteiger partial charge on any atom is 0.253 e. The van der Waals surface area contributed by atoms with Crippen molar-refractivity contribution in [3.05, 3.63) is 65.5 Å². The first-order valence-corrected chi connectivity index (χ1v) is 10.4. The molecule has 2 amide bonds. The summed E-state index contributed by atoms with van der Waals surface area (Å²) >= 11 is 1.68. The van der Waals surface area contributed by atoms with Gasteiger partial charge in [0, 0.05) is 26.2 Å². The third kappa shape index (κ3) is 4.54. The van der Waals surface area contributed by atoms with Crippen LogP contribution in [0.3, 0.4) is 0 Å². The first kappa shape index (κ1) is 19.9. The van der Waals surface area contributed by atoms with Crippen molar-refractivity contribution in [3.63, 3.8) is 0 Å². The van der Waals surface area contributed by atoms with Gasteiger partial charge in [-0.15, -0.1) is 0 Å². The van der Waals surface area contributed by atoms with Crippen LogP contribution < -0.4 is 5.32 Å². The van der Waals surface area contributed by atoms with Crippen LogP contribution >= 0.6 is 11.8 Å². The molecule has 28 heavy (non-hydrogen) atoms. The van der Waals surface area contributed by atoms with Crippen molar-refractivity contribution in [2.45, 2.75) is 18.8 Å². The molecule has 2 aromatic carbocycles. The molecule has 6 nitrogen and oxygen atoms in total. The third-order valence-corrected chi connectivity index (χ3v) is 4.95. The van der Waals surface area contributed by atoms with E-state index in [1.54, 1.807) is 42.9 Å². The van der Waals surface area contributed by atoms with Crippen LogP contribution in [0.15, 0.2) is 48.5 Å². The molecule has 0 aliphatic heterocycles. The number of hydrogen-bond acceptors (Lipinski definition) is 4. The Balaban J connectivity index is 1.66. The summed E-state index contributed by atoms with van der Waals surface area (Å²) in [5.41, 5.74) is 3.45. The molecule has 0 saturated heterocycles. The molecule has 1 N–H and O–H groups in total. The Labute approximate surface area is 168 Å². The van der Waals surface area contributed by atoms with Gasteiger partial charge in [0.05, 0.1) is 16.8 Å². The van der Waals surface area contributed by atoms with Crippen LogP contribution in [-0.4, -0.2) is 46.6 Å². The highest BCUT2D eigenvalue weighted by Crippen LogP contribution is 2.18. The summed E-state index contributed by atoms with van der Waals surface area (Å²) in [6, 6.07) is 15.1. The number of nitrogens with zero attached hydrogens (tertiary/aromatic N) is 3. The maximum atomic E-state index is 12.5. The Morgan fingerprint density at radius 1 is 1.11 bits per heavy atom. The summed E-state index contributed by atoms with van der Waals surface area (Å²) in [5.74, 6) is 1.54. The molecule has 0 radical (unpaired) electrons. The number of carbonyl (C=O) groups is 2. The summed E-state index contributed by atoms with van der Waals surface area (Å²) in [5, 5.41) is 2.95. The normalized spacial score (nSPS) is 10.8. The quantitative estimate of drug-likeness (QED) is 0.667. The second-order valence-electron chi connectivity index (χ2n) is 6.71. The van der Waals surface area contributed by atoms with Crippen molar-refractivity contribution in [1.29, 1.82) is 0 Å². The minimum Gasteiger partial charge on any atom is -0.350 e. The van der Waals surface area contributed by atoms with Gasteiger partial charge in [-0.05, 0) is 36.1 Å². The van der Waals surface area contributed by atoms with E-state index in [1.807, 2.05) is 47.2 Å². The second-order valence-corrected chi connectivity index (χ2v) is 7.58. The Kier molecular flexibility index (Phi) is 6.36. The second kappa shape index (κ2) is 8.93. The fraction of sp³-hybridized carbons (Fsp3) is 0.286. The first-order chi connectivity index (χ1) is 13.5. The minimum atomic E-state index is -0.0704. The summed E-state index contributed by atoms with van der Waals surface area (Å²) < 4.78 is 1.97. The summed E-state index contributed by atoms with van der Waals surface area (Å²) in [4.78, 5) is 30.6. The lowest BCUT2D eigenvalue weighted by molar-refractivity contribution is -0.121. The number of para-hydroxylation sites is 2. The molecule has 3 aromatic rings. The van der Waals surface area contributed by atoms with Crippen LogP contribution in [0.25, 0.3) is 11.0 Å². The highest BCUT2D eigenvalue weighted by Gasteiger charge is 2.13. The maximum absolute atomic E-state index is 12.5. The number of rotatable bonds is 7. The lowest BCUT2D eigenvalue weighted by atomic mass is 10.1. The zero-order valence-electron chi connectivity index (χ0n) is 16.3. The Morgan fingerprint density at radius 3 is 2.50 bits per heavy atom. The Bertz CT molecular complexity index is 980. The number of amides is 2. The topological polar surface area (TPSA) is 67.2 Å². The molecule has 0 aliphatic carbocycles. The molecule has 146 valence electrons. The fourth-order valence-corrected chi connectivity index (χ4v) is 3.44. The molecular formula is C21H24N4O2S. The highest BCUT2D eigenvalue weighted by atomic mass is 32.2. The predicted octanol–water partition coefficient (Wildman–Crippen LogP) is 2.92. The molecule has 3 rings (SSSR count). The van der Waals surface area contributed by atoms with Gasteiger partial charge in [0.1, 0.15) is 12.4 Å². The predicted molar refractivity (Wildman–Crippen MR) is 113 cm³/mol. The number of benzene rings is 2. The number of nitrogens with one attached hydrogen (secondary N) is 1. The Morgan fingerprint density at radius 2 is 1.82 bits per heavy atom. The average Bonchev–Trinajstić information content (AvgIpc) is 3.03. The molecule has 0 aliphatic rings. The molecule has 0 saturated carbocycles. The van der Waals surface area contributed by atoms with Crippen LogP contribution in [0.4, 0.5) is 0 Å². The first-order valence-electron chi connectivity index (χ1n) is 9.00. The largest absolute Gasteiger partial charge is 0.350 e. The number of carbonyl (C=O) groups excluding carboxylic acids is 2. The lowest BCUT2D eigenvalue weighted by Crippen LogP contribution is -2.27. The van der Waals surface area contributed by atoms with E-state index in [4.69, 9.17) is 0 Å². The minimum absolute atomic E-state index is 0.0381. The molecule has 0 fully saturated rings. The third-order valence-electron chi connectivity index (χ3n) is 4.41. The summed E-state index contributed by atoms with van der Waals surface area (Å²) in [6.45, 7) is 0.646. The standard InChI is InChI=1S/C21H24N4O2S/c1-24(2)21(27)16-10-8-15(9-11-16)12-22-20(26)13-25-18-7-5-4-6-17(18)23-19(25)14-28-3/h4-11H,12-14H2,1-3H3,(H,22,26). The van der Waals surface area contributed by atoms with Crippen molar-refractivity contribution in [1.82, 2.24) is 19.8 Å². The van der Waals surface area contributed by atoms with E-state index < -0.39 is 0 Å². The van der Waals surface area contributed by atoms with Gasteiger partial charge >= 0.3 is 0 Å². The van der Waals surface area contributed by atoms with Crippen LogP contribution in [0.1, 0.15) is 21.7 Å². The van der Waals surface area contributed by atoms with E-state index in [-0.39, 0.29) is 18.4 Å².